The second kappa shape index (κ2) is 5.67. The lowest BCUT2D eigenvalue weighted by Gasteiger charge is -2.23. The first kappa shape index (κ1) is 11.9. The average Bonchev–Trinajstić information content (AvgIpc) is 2.73. The molecule has 1 aliphatic carbocycles. The minimum absolute atomic E-state index is 0.785. The van der Waals surface area contributed by atoms with Gasteiger partial charge in [-0.25, -0.2) is 0 Å². The Labute approximate surface area is 106 Å². The molecule has 1 aromatic rings. The number of alkyl halides is 1. The SMILES string of the molecule is Cn1cc(C=C(CBr)C2CCCCC2)cn1. The Bertz CT molecular complexity index is 362. The summed E-state index contributed by atoms with van der Waals surface area (Å²) < 4.78 is 1.86. The van der Waals surface area contributed by atoms with Gasteiger partial charge in [-0.1, -0.05) is 46.8 Å². The van der Waals surface area contributed by atoms with E-state index < -0.39 is 0 Å². The number of halogens is 1. The van der Waals surface area contributed by atoms with E-state index in [1.165, 1.54) is 43.2 Å². The van der Waals surface area contributed by atoms with Crippen LogP contribution in [0.15, 0.2) is 18.0 Å². The van der Waals surface area contributed by atoms with Crippen LogP contribution in [0.2, 0.25) is 0 Å². The number of hydrogen-bond acceptors (Lipinski definition) is 1. The number of rotatable bonds is 3. The maximum atomic E-state index is 4.21. The van der Waals surface area contributed by atoms with Crippen molar-refractivity contribution in [2.75, 3.05) is 5.33 Å². The minimum Gasteiger partial charge on any atom is -0.275 e. The van der Waals surface area contributed by atoms with E-state index in [1.54, 1.807) is 0 Å². The van der Waals surface area contributed by atoms with E-state index in [0.717, 1.165) is 11.2 Å². The van der Waals surface area contributed by atoms with Gasteiger partial charge in [-0.05, 0) is 18.8 Å². The van der Waals surface area contributed by atoms with Crippen LogP contribution in [0.25, 0.3) is 6.08 Å². The van der Waals surface area contributed by atoms with Crippen molar-refractivity contribution in [3.05, 3.63) is 23.5 Å². The molecule has 0 amide bonds. The fraction of sp³-hybridized carbons (Fsp3) is 0.615. The van der Waals surface area contributed by atoms with Crippen molar-refractivity contribution in [2.45, 2.75) is 32.1 Å². The Balaban J connectivity index is 2.11. The van der Waals surface area contributed by atoms with E-state index in [4.69, 9.17) is 0 Å². The van der Waals surface area contributed by atoms with Crippen molar-refractivity contribution < 1.29 is 0 Å². The summed E-state index contributed by atoms with van der Waals surface area (Å²) in [5.41, 5.74) is 2.76. The Kier molecular flexibility index (Phi) is 4.22. The zero-order valence-corrected chi connectivity index (χ0v) is 11.4. The van der Waals surface area contributed by atoms with Gasteiger partial charge in [-0.15, -0.1) is 0 Å². The zero-order valence-electron chi connectivity index (χ0n) is 9.82. The van der Waals surface area contributed by atoms with Gasteiger partial charge >= 0.3 is 0 Å². The summed E-state index contributed by atoms with van der Waals surface area (Å²) >= 11 is 3.62. The number of nitrogens with zero attached hydrogens (tertiary/aromatic N) is 2. The lowest BCUT2D eigenvalue weighted by molar-refractivity contribution is 0.405. The molecule has 1 aromatic heterocycles. The number of aryl methyl sites for hydroxylation is 1. The molecule has 0 bridgehead atoms. The topological polar surface area (TPSA) is 17.8 Å². The highest BCUT2D eigenvalue weighted by atomic mass is 79.9. The molecule has 1 saturated carbocycles. The molecule has 1 heterocycles. The third kappa shape index (κ3) is 2.97. The van der Waals surface area contributed by atoms with Crippen LogP contribution >= 0.6 is 15.9 Å². The number of hydrogen-bond donors (Lipinski definition) is 0. The molecule has 0 N–H and O–H groups in total. The van der Waals surface area contributed by atoms with Crippen molar-refractivity contribution in [1.29, 1.82) is 0 Å². The second-order valence-corrected chi connectivity index (χ2v) is 5.20. The summed E-state index contributed by atoms with van der Waals surface area (Å²) in [5.74, 6) is 0.785. The van der Waals surface area contributed by atoms with Gasteiger partial charge in [-0.3, -0.25) is 4.68 Å². The van der Waals surface area contributed by atoms with E-state index in [0.29, 0.717) is 0 Å². The molecule has 0 radical (unpaired) electrons. The molecule has 0 aromatic carbocycles. The molecule has 0 aliphatic heterocycles. The van der Waals surface area contributed by atoms with Gasteiger partial charge in [0.1, 0.15) is 0 Å². The maximum Gasteiger partial charge on any atom is 0.0562 e. The fourth-order valence-electron chi connectivity index (χ4n) is 2.47. The van der Waals surface area contributed by atoms with Crippen molar-refractivity contribution in [3.63, 3.8) is 0 Å². The molecule has 16 heavy (non-hydrogen) atoms. The first-order valence-corrected chi connectivity index (χ1v) is 7.17. The van der Waals surface area contributed by atoms with Gasteiger partial charge in [0, 0.05) is 24.1 Å². The van der Waals surface area contributed by atoms with Crippen molar-refractivity contribution in [2.24, 2.45) is 13.0 Å². The van der Waals surface area contributed by atoms with Crippen LogP contribution in [0.5, 0.6) is 0 Å². The lowest BCUT2D eigenvalue weighted by Crippen LogP contribution is -2.09. The molecule has 0 atom stereocenters. The summed E-state index contributed by atoms with van der Waals surface area (Å²) in [4.78, 5) is 0. The third-order valence-corrected chi connectivity index (χ3v) is 4.01. The third-order valence-electron chi connectivity index (χ3n) is 3.36. The molecule has 0 spiro atoms. The summed E-state index contributed by atoms with van der Waals surface area (Å²) in [6.45, 7) is 0. The summed E-state index contributed by atoms with van der Waals surface area (Å²) in [6.07, 6.45) is 13.2. The van der Waals surface area contributed by atoms with Crippen LogP contribution in [0.3, 0.4) is 0 Å². The van der Waals surface area contributed by atoms with Crippen LogP contribution in [-0.2, 0) is 7.05 Å². The van der Waals surface area contributed by atoms with Crippen LogP contribution < -0.4 is 0 Å². The lowest BCUT2D eigenvalue weighted by atomic mass is 9.84. The maximum absolute atomic E-state index is 4.21. The van der Waals surface area contributed by atoms with E-state index in [9.17, 15) is 0 Å². The Morgan fingerprint density at radius 2 is 2.25 bits per heavy atom. The molecular formula is C13H19BrN2. The second-order valence-electron chi connectivity index (χ2n) is 4.64. The highest BCUT2D eigenvalue weighted by Gasteiger charge is 2.16. The molecule has 0 unspecified atom stereocenters. The Hall–Kier alpha value is -0.570. The van der Waals surface area contributed by atoms with Gasteiger partial charge < -0.3 is 0 Å². The normalized spacial score (nSPS) is 19.0. The summed E-state index contributed by atoms with van der Waals surface area (Å²) in [7, 11) is 1.96. The largest absolute Gasteiger partial charge is 0.275 e. The highest BCUT2D eigenvalue weighted by Crippen LogP contribution is 2.31. The predicted octanol–water partition coefficient (Wildman–Crippen LogP) is 3.78. The van der Waals surface area contributed by atoms with Crippen LogP contribution in [0.1, 0.15) is 37.7 Å². The van der Waals surface area contributed by atoms with Crippen molar-refractivity contribution in [1.82, 2.24) is 9.78 Å². The van der Waals surface area contributed by atoms with Gasteiger partial charge in [0.15, 0.2) is 0 Å². The molecule has 1 fully saturated rings. The molecule has 3 heteroatoms. The molecular weight excluding hydrogens is 264 g/mol. The summed E-state index contributed by atoms with van der Waals surface area (Å²) in [6, 6.07) is 0. The highest BCUT2D eigenvalue weighted by molar-refractivity contribution is 9.09. The average molecular weight is 283 g/mol. The van der Waals surface area contributed by atoms with Crippen LogP contribution in [0, 0.1) is 5.92 Å². The zero-order chi connectivity index (χ0) is 11.4. The van der Waals surface area contributed by atoms with Crippen LogP contribution in [-0.4, -0.2) is 15.1 Å². The molecule has 2 rings (SSSR count). The van der Waals surface area contributed by atoms with Gasteiger partial charge in [0.25, 0.3) is 0 Å². The van der Waals surface area contributed by atoms with Gasteiger partial charge in [0.2, 0.25) is 0 Å². The monoisotopic (exact) mass is 282 g/mol. The molecule has 1 aliphatic rings. The first-order valence-electron chi connectivity index (χ1n) is 6.04. The van der Waals surface area contributed by atoms with Gasteiger partial charge in [0.05, 0.1) is 6.20 Å². The van der Waals surface area contributed by atoms with Gasteiger partial charge in [-0.2, -0.15) is 5.10 Å². The predicted molar refractivity (Wildman–Crippen MR) is 71.6 cm³/mol. The molecule has 0 saturated heterocycles. The number of aromatic nitrogens is 2. The van der Waals surface area contributed by atoms with E-state index >= 15 is 0 Å². The Morgan fingerprint density at radius 1 is 1.50 bits per heavy atom. The van der Waals surface area contributed by atoms with E-state index in [-0.39, 0.29) is 0 Å². The minimum atomic E-state index is 0.785. The standard InChI is InChI=1S/C13H19BrN2/c1-16-10-11(9-15-16)7-13(8-14)12-5-3-2-4-6-12/h7,9-10,12H,2-6,8H2,1H3. The molecule has 88 valence electrons. The number of allylic oxidation sites excluding steroid dienone is 1. The first-order chi connectivity index (χ1) is 7.79. The fourth-order valence-corrected chi connectivity index (χ4v) is 3.09. The molecule has 2 nitrogen and oxygen atoms in total. The van der Waals surface area contributed by atoms with E-state index in [2.05, 4.69) is 33.3 Å². The summed E-state index contributed by atoms with van der Waals surface area (Å²) in [5, 5.41) is 5.20. The van der Waals surface area contributed by atoms with Crippen LogP contribution in [0.4, 0.5) is 0 Å². The van der Waals surface area contributed by atoms with Crippen molar-refractivity contribution in [3.8, 4) is 0 Å². The smallest absolute Gasteiger partial charge is 0.0562 e. The van der Waals surface area contributed by atoms with E-state index in [1.807, 2.05) is 17.9 Å². The van der Waals surface area contributed by atoms with Crippen molar-refractivity contribution >= 4 is 22.0 Å². The Morgan fingerprint density at radius 3 is 2.81 bits per heavy atom. The quantitative estimate of drug-likeness (QED) is 0.772.